The summed E-state index contributed by atoms with van der Waals surface area (Å²) in [5.41, 5.74) is 4.22. The third-order valence-electron chi connectivity index (χ3n) is 7.00. The summed E-state index contributed by atoms with van der Waals surface area (Å²) in [5, 5.41) is 9.19. The molecule has 5 rings (SSSR count). The van der Waals surface area contributed by atoms with Gasteiger partial charge in [-0.05, 0) is 88.2 Å². The molecule has 4 bridgehead atoms. The van der Waals surface area contributed by atoms with Gasteiger partial charge in [0.25, 0.3) is 0 Å². The largest absolute Gasteiger partial charge is 0.338 e. The van der Waals surface area contributed by atoms with E-state index in [1.165, 1.54) is 24.8 Å². The Labute approximate surface area is 168 Å². The van der Waals surface area contributed by atoms with Crippen molar-refractivity contribution in [2.75, 3.05) is 11.9 Å². The van der Waals surface area contributed by atoms with Crippen molar-refractivity contribution in [1.82, 2.24) is 10.6 Å². The highest BCUT2D eigenvalue weighted by molar-refractivity contribution is 5.92. The van der Waals surface area contributed by atoms with E-state index in [-0.39, 0.29) is 23.9 Å². The molecular weight excluding hydrogens is 350 g/mol. The van der Waals surface area contributed by atoms with Crippen LogP contribution in [0.4, 0.5) is 10.5 Å². The second kappa shape index (κ2) is 7.41. The fourth-order valence-corrected chi connectivity index (χ4v) is 6.42. The van der Waals surface area contributed by atoms with Crippen LogP contribution in [-0.2, 0) is 4.79 Å². The smallest absolute Gasteiger partial charge is 0.315 e. The summed E-state index contributed by atoms with van der Waals surface area (Å²) in [6.45, 7) is 6.42. The van der Waals surface area contributed by atoms with Gasteiger partial charge in [-0.15, -0.1) is 0 Å². The van der Waals surface area contributed by atoms with Crippen LogP contribution < -0.4 is 16.0 Å². The summed E-state index contributed by atoms with van der Waals surface area (Å²) in [6, 6.07) is 4.02. The zero-order chi connectivity index (χ0) is 19.9. The summed E-state index contributed by atoms with van der Waals surface area (Å²) < 4.78 is 0. The molecule has 1 aromatic carbocycles. The lowest BCUT2D eigenvalue weighted by molar-refractivity contribution is -0.116. The number of hydrogen-bond acceptors (Lipinski definition) is 2. The number of benzene rings is 1. The standard InChI is InChI=1S/C23H33N3O2/c1-14-6-15(2)21(16(3)7-14)25-20(27)4-5-24-22(28)26-23-11-17-8-18(12-23)10-19(9-17)13-23/h6-7,17-19H,4-5,8-13H2,1-3H3,(H,25,27)(H2,24,26,28). The molecule has 0 spiro atoms. The molecule has 0 saturated heterocycles. The zero-order valence-corrected chi connectivity index (χ0v) is 17.4. The van der Waals surface area contributed by atoms with Gasteiger partial charge in [-0.1, -0.05) is 17.7 Å². The Balaban J connectivity index is 1.24. The number of amides is 3. The van der Waals surface area contributed by atoms with Gasteiger partial charge in [-0.25, -0.2) is 4.79 Å². The summed E-state index contributed by atoms with van der Waals surface area (Å²) in [7, 11) is 0. The van der Waals surface area contributed by atoms with Crippen molar-refractivity contribution in [3.8, 4) is 0 Å². The molecule has 4 aliphatic carbocycles. The molecule has 1 aromatic rings. The number of urea groups is 1. The van der Waals surface area contributed by atoms with Gasteiger partial charge < -0.3 is 16.0 Å². The van der Waals surface area contributed by atoms with E-state index in [2.05, 4.69) is 35.0 Å². The minimum absolute atomic E-state index is 0.0111. The first-order valence-electron chi connectivity index (χ1n) is 10.8. The van der Waals surface area contributed by atoms with E-state index < -0.39 is 0 Å². The second-order valence-corrected chi connectivity index (χ2v) is 9.65. The third-order valence-corrected chi connectivity index (χ3v) is 7.00. The van der Waals surface area contributed by atoms with Gasteiger partial charge in [0.1, 0.15) is 0 Å². The molecule has 5 nitrogen and oxygen atoms in total. The number of nitrogens with one attached hydrogen (secondary N) is 3. The Bertz CT molecular complexity index is 728. The number of carbonyl (C=O) groups excluding carboxylic acids is 2. The number of anilines is 1. The predicted octanol–water partition coefficient (Wildman–Crippen LogP) is 4.21. The monoisotopic (exact) mass is 383 g/mol. The van der Waals surface area contributed by atoms with Gasteiger partial charge in [0.2, 0.25) is 5.91 Å². The van der Waals surface area contributed by atoms with Crippen molar-refractivity contribution in [3.63, 3.8) is 0 Å². The van der Waals surface area contributed by atoms with Crippen molar-refractivity contribution in [2.24, 2.45) is 17.8 Å². The molecule has 28 heavy (non-hydrogen) atoms. The van der Waals surface area contributed by atoms with Crippen LogP contribution >= 0.6 is 0 Å². The maximum Gasteiger partial charge on any atom is 0.315 e. The molecule has 152 valence electrons. The van der Waals surface area contributed by atoms with E-state index in [1.807, 2.05) is 13.8 Å². The molecule has 0 radical (unpaired) electrons. The molecule has 5 heteroatoms. The van der Waals surface area contributed by atoms with Crippen LogP contribution in [0.2, 0.25) is 0 Å². The number of carbonyl (C=O) groups is 2. The minimum atomic E-state index is -0.113. The molecule has 0 heterocycles. The Morgan fingerprint density at radius 1 is 0.964 bits per heavy atom. The lowest BCUT2D eigenvalue weighted by Gasteiger charge is -2.56. The van der Waals surface area contributed by atoms with Crippen LogP contribution in [-0.4, -0.2) is 24.0 Å². The lowest BCUT2D eigenvalue weighted by atomic mass is 9.53. The predicted molar refractivity (Wildman–Crippen MR) is 111 cm³/mol. The minimum Gasteiger partial charge on any atom is -0.338 e. The average Bonchev–Trinajstić information content (AvgIpc) is 2.56. The molecule has 0 aliphatic heterocycles. The Morgan fingerprint density at radius 2 is 1.50 bits per heavy atom. The molecule has 4 fully saturated rings. The summed E-state index contributed by atoms with van der Waals surface area (Å²) in [6.07, 6.45) is 7.78. The number of rotatable bonds is 5. The lowest BCUT2D eigenvalue weighted by Crippen LogP contribution is -2.61. The van der Waals surface area contributed by atoms with Gasteiger partial charge in [0.05, 0.1) is 0 Å². The van der Waals surface area contributed by atoms with Gasteiger partial charge in [0, 0.05) is 24.2 Å². The molecule has 0 unspecified atom stereocenters. The van der Waals surface area contributed by atoms with E-state index in [9.17, 15) is 9.59 Å². The molecule has 3 amide bonds. The van der Waals surface area contributed by atoms with E-state index in [0.29, 0.717) is 6.54 Å². The third kappa shape index (κ3) is 4.03. The summed E-state index contributed by atoms with van der Waals surface area (Å²) in [4.78, 5) is 24.8. The van der Waals surface area contributed by atoms with Gasteiger partial charge in [-0.3, -0.25) is 4.79 Å². The van der Waals surface area contributed by atoms with E-state index in [1.54, 1.807) is 0 Å². The van der Waals surface area contributed by atoms with Crippen molar-refractivity contribution in [2.45, 2.75) is 71.3 Å². The van der Waals surface area contributed by atoms with E-state index in [0.717, 1.165) is 53.8 Å². The first kappa shape index (κ1) is 19.3. The van der Waals surface area contributed by atoms with Gasteiger partial charge >= 0.3 is 6.03 Å². The number of hydrogen-bond donors (Lipinski definition) is 3. The topological polar surface area (TPSA) is 70.2 Å². The van der Waals surface area contributed by atoms with Crippen molar-refractivity contribution in [1.29, 1.82) is 0 Å². The average molecular weight is 384 g/mol. The molecule has 3 N–H and O–H groups in total. The molecule has 4 aliphatic rings. The van der Waals surface area contributed by atoms with Crippen LogP contribution in [0.15, 0.2) is 12.1 Å². The van der Waals surface area contributed by atoms with Crippen molar-refractivity contribution < 1.29 is 9.59 Å². The molecule has 0 aromatic heterocycles. The van der Waals surface area contributed by atoms with E-state index >= 15 is 0 Å². The van der Waals surface area contributed by atoms with Crippen molar-refractivity contribution in [3.05, 3.63) is 28.8 Å². The number of aryl methyl sites for hydroxylation is 3. The van der Waals surface area contributed by atoms with Gasteiger partial charge in [-0.2, -0.15) is 0 Å². The maximum absolute atomic E-state index is 12.5. The Hall–Kier alpha value is -2.04. The summed E-state index contributed by atoms with van der Waals surface area (Å²) in [5.74, 6) is 2.35. The van der Waals surface area contributed by atoms with Crippen LogP contribution in [0.3, 0.4) is 0 Å². The van der Waals surface area contributed by atoms with E-state index in [4.69, 9.17) is 0 Å². The highest BCUT2D eigenvalue weighted by Gasteiger charge is 2.51. The molecule has 4 saturated carbocycles. The Morgan fingerprint density at radius 3 is 2.04 bits per heavy atom. The first-order valence-corrected chi connectivity index (χ1v) is 10.8. The molecular formula is C23H33N3O2. The maximum atomic E-state index is 12.5. The Kier molecular flexibility index (Phi) is 5.11. The second-order valence-electron chi connectivity index (χ2n) is 9.65. The fourth-order valence-electron chi connectivity index (χ4n) is 6.42. The van der Waals surface area contributed by atoms with Crippen LogP contribution in [0, 0.1) is 38.5 Å². The van der Waals surface area contributed by atoms with Gasteiger partial charge in [0.15, 0.2) is 0 Å². The SMILES string of the molecule is Cc1cc(C)c(NC(=O)CCNC(=O)NC23CC4CC(CC(C4)C2)C3)c(C)c1. The zero-order valence-electron chi connectivity index (χ0n) is 17.4. The van der Waals surface area contributed by atoms with Crippen LogP contribution in [0.25, 0.3) is 0 Å². The highest BCUT2D eigenvalue weighted by Crippen LogP contribution is 2.55. The fraction of sp³-hybridized carbons (Fsp3) is 0.652. The van der Waals surface area contributed by atoms with Crippen LogP contribution in [0.1, 0.15) is 61.6 Å². The van der Waals surface area contributed by atoms with Crippen molar-refractivity contribution >= 4 is 17.6 Å². The van der Waals surface area contributed by atoms with Crippen LogP contribution in [0.5, 0.6) is 0 Å². The quantitative estimate of drug-likeness (QED) is 0.713. The highest BCUT2D eigenvalue weighted by atomic mass is 16.2. The first-order chi connectivity index (χ1) is 13.3. The summed E-state index contributed by atoms with van der Waals surface area (Å²) >= 11 is 0. The molecule has 0 atom stereocenters. The normalized spacial score (nSPS) is 30.2.